The molecule has 3 aromatic rings. The van der Waals surface area contributed by atoms with Gasteiger partial charge in [-0.05, 0) is 58.4 Å². The van der Waals surface area contributed by atoms with Crippen molar-refractivity contribution in [1.82, 2.24) is 5.43 Å². The third-order valence-corrected chi connectivity index (χ3v) is 5.74. The highest BCUT2D eigenvalue weighted by molar-refractivity contribution is 9.10. The van der Waals surface area contributed by atoms with E-state index in [1.54, 1.807) is 24.3 Å². The van der Waals surface area contributed by atoms with Crippen molar-refractivity contribution in [2.45, 2.75) is 9.99 Å². The largest absolute Gasteiger partial charge is 0.447 e. The van der Waals surface area contributed by atoms with Gasteiger partial charge in [0.05, 0.1) is 10.7 Å². The number of benzene rings is 2. The van der Waals surface area contributed by atoms with Gasteiger partial charge in [-0.1, -0.05) is 45.4 Å². The van der Waals surface area contributed by atoms with Crippen molar-refractivity contribution in [3.8, 4) is 0 Å². The highest BCUT2D eigenvalue weighted by Gasteiger charge is 2.10. The molecule has 0 saturated heterocycles. The number of rotatable bonds is 5. The van der Waals surface area contributed by atoms with E-state index >= 15 is 0 Å². The van der Waals surface area contributed by atoms with Crippen LogP contribution in [0.15, 0.2) is 83.0 Å². The Bertz CT molecular complexity index is 958. The lowest BCUT2D eigenvalue weighted by atomic mass is 10.2. The molecule has 132 valence electrons. The predicted molar refractivity (Wildman–Crippen MR) is 111 cm³/mol. The maximum Gasteiger partial charge on any atom is 0.271 e. The Hall–Kier alpha value is -1.54. The number of amides is 1. The van der Waals surface area contributed by atoms with Crippen molar-refractivity contribution >= 4 is 67.3 Å². The van der Waals surface area contributed by atoms with Gasteiger partial charge in [-0.25, -0.2) is 5.43 Å². The second kappa shape index (κ2) is 8.90. The molecule has 0 aliphatic heterocycles. The van der Waals surface area contributed by atoms with Gasteiger partial charge in [-0.2, -0.15) is 5.10 Å². The monoisotopic (exact) mass is 512 g/mol. The van der Waals surface area contributed by atoms with Gasteiger partial charge >= 0.3 is 0 Å². The first-order chi connectivity index (χ1) is 12.5. The second-order valence-corrected chi connectivity index (χ2v) is 8.30. The van der Waals surface area contributed by atoms with E-state index in [9.17, 15) is 4.79 Å². The molecule has 0 bridgehead atoms. The Morgan fingerprint density at radius 3 is 2.65 bits per heavy atom. The van der Waals surface area contributed by atoms with E-state index in [1.165, 1.54) is 18.0 Å². The fourth-order valence-electron chi connectivity index (χ4n) is 1.96. The van der Waals surface area contributed by atoms with Crippen LogP contribution in [0, 0.1) is 0 Å². The molecule has 3 rings (SSSR count). The number of hydrazone groups is 1. The van der Waals surface area contributed by atoms with Crippen LogP contribution in [0.1, 0.15) is 16.1 Å². The predicted octanol–water partition coefficient (Wildman–Crippen LogP) is 6.37. The number of carbonyl (C=O) groups is 1. The number of halogens is 3. The zero-order valence-corrected chi connectivity index (χ0v) is 17.8. The molecule has 0 unspecified atom stereocenters. The molecule has 0 fully saturated rings. The maximum atomic E-state index is 12.0. The van der Waals surface area contributed by atoms with Gasteiger partial charge in [0.25, 0.3) is 5.91 Å². The number of carbonyl (C=O) groups excluding carboxylic acids is 1. The molecule has 0 aliphatic rings. The van der Waals surface area contributed by atoms with Crippen molar-refractivity contribution in [2.24, 2.45) is 5.10 Å². The molecule has 2 aromatic carbocycles. The van der Waals surface area contributed by atoms with Crippen molar-refractivity contribution in [3.05, 3.63) is 79.9 Å². The average Bonchev–Trinajstić information content (AvgIpc) is 2.96. The molecule has 1 aromatic heterocycles. The van der Waals surface area contributed by atoms with Gasteiger partial charge in [0, 0.05) is 26.0 Å². The van der Waals surface area contributed by atoms with E-state index < -0.39 is 0 Å². The minimum atomic E-state index is -0.302. The maximum absolute atomic E-state index is 12.0. The van der Waals surface area contributed by atoms with E-state index in [0.717, 1.165) is 13.8 Å². The lowest BCUT2D eigenvalue weighted by Crippen LogP contribution is -2.17. The van der Waals surface area contributed by atoms with Crippen LogP contribution in [-0.2, 0) is 0 Å². The van der Waals surface area contributed by atoms with Crippen LogP contribution in [0.3, 0.4) is 0 Å². The summed E-state index contributed by atoms with van der Waals surface area (Å²) in [7, 11) is 0. The normalized spacial score (nSPS) is 11.0. The summed E-state index contributed by atoms with van der Waals surface area (Å²) in [4.78, 5) is 13.0. The van der Waals surface area contributed by atoms with Crippen LogP contribution >= 0.6 is 55.2 Å². The summed E-state index contributed by atoms with van der Waals surface area (Å²) < 4.78 is 7.36. The molecule has 0 spiro atoms. The van der Waals surface area contributed by atoms with Crippen LogP contribution in [-0.4, -0.2) is 12.1 Å². The Balaban J connectivity index is 1.64. The van der Waals surface area contributed by atoms with Crippen LogP contribution < -0.4 is 5.43 Å². The van der Waals surface area contributed by atoms with Crippen molar-refractivity contribution in [3.63, 3.8) is 0 Å². The second-order valence-electron chi connectivity index (χ2n) is 5.05. The Morgan fingerprint density at radius 1 is 1.15 bits per heavy atom. The minimum Gasteiger partial charge on any atom is -0.447 e. The number of hydrogen-bond acceptors (Lipinski definition) is 4. The van der Waals surface area contributed by atoms with Gasteiger partial charge in [0.2, 0.25) is 0 Å². The molecule has 1 N–H and O–H groups in total. The van der Waals surface area contributed by atoms with Crippen molar-refractivity contribution in [2.75, 3.05) is 0 Å². The first-order valence-corrected chi connectivity index (χ1v) is 10.1. The molecule has 4 nitrogen and oxygen atoms in total. The van der Waals surface area contributed by atoms with Crippen LogP contribution in [0.2, 0.25) is 5.02 Å². The smallest absolute Gasteiger partial charge is 0.271 e. The van der Waals surface area contributed by atoms with E-state index in [1.807, 2.05) is 30.3 Å². The Kier molecular flexibility index (Phi) is 6.58. The fraction of sp³-hybridized carbons (Fsp3) is 0. The molecule has 0 atom stereocenters. The highest BCUT2D eigenvalue weighted by Crippen LogP contribution is 2.35. The topological polar surface area (TPSA) is 54.6 Å². The molecular formula is C18H11Br2ClN2O2S. The molecule has 8 heteroatoms. The van der Waals surface area contributed by atoms with E-state index in [0.29, 0.717) is 21.4 Å². The SMILES string of the molecule is O=C(N/N=C\c1cc(Br)c(Sc2ccc(Cl)cc2)o1)c1cccc(Br)c1. The Labute approximate surface area is 176 Å². The summed E-state index contributed by atoms with van der Waals surface area (Å²) in [5, 5.41) is 5.31. The van der Waals surface area contributed by atoms with Crippen LogP contribution in [0.25, 0.3) is 0 Å². The van der Waals surface area contributed by atoms with Crippen molar-refractivity contribution in [1.29, 1.82) is 0 Å². The van der Waals surface area contributed by atoms with Gasteiger partial charge in [-0.3, -0.25) is 4.79 Å². The molecule has 1 amide bonds. The van der Waals surface area contributed by atoms with E-state index in [4.69, 9.17) is 16.0 Å². The number of furan rings is 1. The quantitative estimate of drug-likeness (QED) is 0.318. The average molecular weight is 515 g/mol. The summed E-state index contributed by atoms with van der Waals surface area (Å²) in [6.07, 6.45) is 1.45. The molecule has 0 saturated carbocycles. The Morgan fingerprint density at radius 2 is 1.92 bits per heavy atom. The first kappa shape index (κ1) is 19.2. The zero-order chi connectivity index (χ0) is 18.5. The molecule has 0 radical (unpaired) electrons. The summed E-state index contributed by atoms with van der Waals surface area (Å²) in [6.45, 7) is 0. The van der Waals surface area contributed by atoms with Gasteiger partial charge in [0.1, 0.15) is 5.76 Å². The summed E-state index contributed by atoms with van der Waals surface area (Å²) in [5.41, 5.74) is 2.98. The third-order valence-electron chi connectivity index (χ3n) is 3.14. The molecule has 26 heavy (non-hydrogen) atoms. The van der Waals surface area contributed by atoms with Gasteiger partial charge in [0.15, 0.2) is 5.09 Å². The summed E-state index contributed by atoms with van der Waals surface area (Å²) in [5.74, 6) is 0.215. The first-order valence-electron chi connectivity index (χ1n) is 7.33. The number of nitrogens with one attached hydrogen (secondary N) is 1. The lowest BCUT2D eigenvalue weighted by Gasteiger charge is -2.00. The molecule has 1 heterocycles. The van der Waals surface area contributed by atoms with Crippen LogP contribution in [0.4, 0.5) is 0 Å². The van der Waals surface area contributed by atoms with Gasteiger partial charge < -0.3 is 4.42 Å². The minimum absolute atomic E-state index is 0.302. The number of nitrogens with zero attached hydrogens (tertiary/aromatic N) is 1. The summed E-state index contributed by atoms with van der Waals surface area (Å²) >= 11 is 14.1. The van der Waals surface area contributed by atoms with E-state index in [2.05, 4.69) is 42.4 Å². The summed E-state index contributed by atoms with van der Waals surface area (Å²) in [6, 6.07) is 16.3. The van der Waals surface area contributed by atoms with Crippen molar-refractivity contribution < 1.29 is 9.21 Å². The fourth-order valence-corrected chi connectivity index (χ4v) is 3.82. The van der Waals surface area contributed by atoms with E-state index in [-0.39, 0.29) is 5.91 Å². The molecule has 0 aliphatic carbocycles. The van der Waals surface area contributed by atoms with Crippen LogP contribution in [0.5, 0.6) is 0 Å². The third kappa shape index (κ3) is 5.23. The standard InChI is InChI=1S/C18H11Br2ClN2O2S/c19-12-3-1-2-11(8-12)17(24)23-22-10-14-9-16(20)18(25-14)26-15-6-4-13(21)5-7-15/h1-10H,(H,23,24)/b22-10-. The lowest BCUT2D eigenvalue weighted by molar-refractivity contribution is 0.0955. The van der Waals surface area contributed by atoms with Gasteiger partial charge in [-0.15, -0.1) is 0 Å². The zero-order valence-electron chi connectivity index (χ0n) is 13.1. The molecular weight excluding hydrogens is 504 g/mol. The number of hydrogen-bond donors (Lipinski definition) is 1. The highest BCUT2D eigenvalue weighted by atomic mass is 79.9.